The first kappa shape index (κ1) is 14.4. The van der Waals surface area contributed by atoms with Gasteiger partial charge in [0.15, 0.2) is 0 Å². The van der Waals surface area contributed by atoms with E-state index in [2.05, 4.69) is 15.6 Å². The monoisotopic (exact) mass is 291 g/mol. The summed E-state index contributed by atoms with van der Waals surface area (Å²) in [6, 6.07) is 3.02. The van der Waals surface area contributed by atoms with Crippen LogP contribution in [0, 0.1) is 6.92 Å². The smallest absolute Gasteiger partial charge is 0.337 e. The van der Waals surface area contributed by atoms with Crippen LogP contribution in [0.2, 0.25) is 0 Å². The molecule has 4 N–H and O–H groups in total. The molecular formula is C13H13N3O5. The molecule has 0 bridgehead atoms. The number of phenolic OH excluding ortho intramolecular Hbond substituents is 1. The quantitative estimate of drug-likeness (QED) is 0.635. The van der Waals surface area contributed by atoms with Crippen LogP contribution in [0.3, 0.4) is 0 Å². The average molecular weight is 291 g/mol. The largest absolute Gasteiger partial charge is 0.508 e. The SMILES string of the molecule is Cc1cnc(CNC(=O)Nc2ccc(O)cc2C(=O)O)o1. The Morgan fingerprint density at radius 1 is 1.38 bits per heavy atom. The molecule has 0 aliphatic rings. The van der Waals surface area contributed by atoms with Gasteiger partial charge in [0.25, 0.3) is 0 Å². The summed E-state index contributed by atoms with van der Waals surface area (Å²) in [5.74, 6) is -0.496. The minimum atomic E-state index is -1.26. The molecule has 1 aromatic heterocycles. The summed E-state index contributed by atoms with van der Waals surface area (Å²) in [6.07, 6.45) is 1.53. The number of hydrogen-bond acceptors (Lipinski definition) is 5. The third kappa shape index (κ3) is 3.72. The van der Waals surface area contributed by atoms with Gasteiger partial charge in [0.2, 0.25) is 5.89 Å². The Kier molecular flexibility index (Phi) is 4.07. The van der Waals surface area contributed by atoms with Gasteiger partial charge in [-0.25, -0.2) is 14.6 Å². The number of nitrogens with zero attached hydrogens (tertiary/aromatic N) is 1. The predicted octanol–water partition coefficient (Wildman–Crippen LogP) is 1.71. The molecule has 2 rings (SSSR count). The van der Waals surface area contributed by atoms with Gasteiger partial charge in [-0.15, -0.1) is 0 Å². The summed E-state index contributed by atoms with van der Waals surface area (Å²) in [5, 5.41) is 23.1. The van der Waals surface area contributed by atoms with Gasteiger partial charge in [-0.3, -0.25) is 0 Å². The number of amides is 2. The Morgan fingerprint density at radius 3 is 2.76 bits per heavy atom. The number of nitrogens with one attached hydrogen (secondary N) is 2. The average Bonchev–Trinajstić information content (AvgIpc) is 2.84. The predicted molar refractivity (Wildman–Crippen MR) is 72.2 cm³/mol. The molecule has 0 spiro atoms. The highest BCUT2D eigenvalue weighted by atomic mass is 16.4. The van der Waals surface area contributed by atoms with Gasteiger partial charge in [0.1, 0.15) is 11.5 Å². The Labute approximate surface area is 119 Å². The van der Waals surface area contributed by atoms with Crippen molar-refractivity contribution < 1.29 is 24.2 Å². The van der Waals surface area contributed by atoms with E-state index in [1.807, 2.05) is 0 Å². The first-order valence-electron chi connectivity index (χ1n) is 5.98. The first-order chi connectivity index (χ1) is 9.95. The highest BCUT2D eigenvalue weighted by Gasteiger charge is 2.13. The number of carboxylic acids is 1. The summed E-state index contributed by atoms with van der Waals surface area (Å²) >= 11 is 0. The van der Waals surface area contributed by atoms with Crippen molar-refractivity contribution in [2.45, 2.75) is 13.5 Å². The lowest BCUT2D eigenvalue weighted by atomic mass is 10.1. The number of phenols is 1. The fourth-order valence-corrected chi connectivity index (χ4v) is 1.62. The minimum Gasteiger partial charge on any atom is -0.508 e. The number of aromatic nitrogens is 1. The van der Waals surface area contributed by atoms with Crippen molar-refractivity contribution >= 4 is 17.7 Å². The number of rotatable bonds is 4. The molecule has 0 aliphatic carbocycles. The summed E-state index contributed by atoms with van der Waals surface area (Å²) in [6.45, 7) is 1.80. The first-order valence-corrected chi connectivity index (χ1v) is 5.98. The van der Waals surface area contributed by atoms with E-state index in [4.69, 9.17) is 9.52 Å². The van der Waals surface area contributed by atoms with Crippen molar-refractivity contribution in [2.75, 3.05) is 5.32 Å². The molecule has 0 saturated heterocycles. The maximum Gasteiger partial charge on any atom is 0.337 e. The lowest BCUT2D eigenvalue weighted by Crippen LogP contribution is -2.29. The van der Waals surface area contributed by atoms with Crippen LogP contribution in [0.5, 0.6) is 5.75 Å². The minimum absolute atomic E-state index is 0.0696. The third-order valence-electron chi connectivity index (χ3n) is 2.55. The molecule has 0 unspecified atom stereocenters. The number of hydrogen-bond donors (Lipinski definition) is 4. The molecule has 1 heterocycles. The topological polar surface area (TPSA) is 125 Å². The van der Waals surface area contributed by atoms with Crippen LogP contribution in [0.15, 0.2) is 28.8 Å². The normalized spacial score (nSPS) is 10.1. The van der Waals surface area contributed by atoms with E-state index >= 15 is 0 Å². The van der Waals surface area contributed by atoms with Crippen molar-refractivity contribution in [2.24, 2.45) is 0 Å². The van der Waals surface area contributed by atoms with Crippen LogP contribution < -0.4 is 10.6 Å². The molecule has 110 valence electrons. The molecule has 2 aromatic rings. The van der Waals surface area contributed by atoms with Crippen LogP contribution in [0.25, 0.3) is 0 Å². The number of carbonyl (C=O) groups excluding carboxylic acids is 1. The zero-order valence-electron chi connectivity index (χ0n) is 11.1. The van der Waals surface area contributed by atoms with Crippen molar-refractivity contribution in [3.63, 3.8) is 0 Å². The van der Waals surface area contributed by atoms with Crippen molar-refractivity contribution in [1.29, 1.82) is 0 Å². The number of aromatic hydroxyl groups is 1. The Morgan fingerprint density at radius 2 is 2.14 bits per heavy atom. The Hall–Kier alpha value is -3.03. The Bertz CT molecular complexity index is 680. The summed E-state index contributed by atoms with van der Waals surface area (Å²) in [4.78, 5) is 26.7. The standard InChI is InChI=1S/C13H13N3O5/c1-7-5-14-11(21-7)6-15-13(20)16-10-3-2-8(17)4-9(10)12(18)19/h2-5,17H,6H2,1H3,(H,18,19)(H2,15,16,20). The number of urea groups is 1. The van der Waals surface area contributed by atoms with Crippen LogP contribution in [-0.4, -0.2) is 27.2 Å². The number of carbonyl (C=O) groups is 2. The molecule has 0 aliphatic heterocycles. The van der Waals surface area contributed by atoms with Gasteiger partial charge in [0.05, 0.1) is 24.0 Å². The zero-order valence-corrected chi connectivity index (χ0v) is 11.1. The Balaban J connectivity index is 2.01. The summed E-state index contributed by atoms with van der Waals surface area (Å²) in [7, 11) is 0. The fraction of sp³-hybridized carbons (Fsp3) is 0.154. The molecular weight excluding hydrogens is 278 g/mol. The lowest BCUT2D eigenvalue weighted by Gasteiger charge is -2.09. The molecule has 2 amide bonds. The molecule has 21 heavy (non-hydrogen) atoms. The highest BCUT2D eigenvalue weighted by Crippen LogP contribution is 2.21. The number of aromatic carboxylic acids is 1. The molecule has 0 fully saturated rings. The summed E-state index contributed by atoms with van der Waals surface area (Å²) in [5.41, 5.74) is -0.140. The second kappa shape index (κ2) is 5.95. The van der Waals surface area contributed by atoms with Crippen LogP contribution in [0.1, 0.15) is 22.0 Å². The van der Waals surface area contributed by atoms with E-state index in [1.165, 1.54) is 18.3 Å². The highest BCUT2D eigenvalue weighted by molar-refractivity contribution is 6.00. The molecule has 0 atom stereocenters. The fourth-order valence-electron chi connectivity index (χ4n) is 1.62. The molecule has 0 radical (unpaired) electrons. The van der Waals surface area contributed by atoms with Gasteiger partial charge < -0.3 is 25.3 Å². The maximum absolute atomic E-state index is 11.7. The van der Waals surface area contributed by atoms with Gasteiger partial charge in [0, 0.05) is 0 Å². The van der Waals surface area contributed by atoms with Crippen molar-refractivity contribution in [3.05, 3.63) is 41.6 Å². The number of aryl methyl sites for hydroxylation is 1. The second-order valence-corrected chi connectivity index (χ2v) is 4.21. The lowest BCUT2D eigenvalue weighted by molar-refractivity contribution is 0.0697. The molecule has 1 aromatic carbocycles. The number of benzene rings is 1. The number of carboxylic acid groups (broad SMARTS) is 1. The summed E-state index contributed by atoms with van der Waals surface area (Å²) < 4.78 is 5.18. The van der Waals surface area contributed by atoms with E-state index < -0.39 is 12.0 Å². The maximum atomic E-state index is 11.7. The van der Waals surface area contributed by atoms with E-state index in [0.29, 0.717) is 11.7 Å². The molecule has 8 nitrogen and oxygen atoms in total. The zero-order chi connectivity index (χ0) is 15.4. The van der Waals surface area contributed by atoms with Crippen LogP contribution in [0.4, 0.5) is 10.5 Å². The van der Waals surface area contributed by atoms with Crippen molar-refractivity contribution in [3.8, 4) is 5.75 Å². The van der Waals surface area contributed by atoms with E-state index in [1.54, 1.807) is 6.92 Å². The van der Waals surface area contributed by atoms with E-state index in [-0.39, 0.29) is 23.5 Å². The number of anilines is 1. The second-order valence-electron chi connectivity index (χ2n) is 4.21. The van der Waals surface area contributed by atoms with E-state index in [0.717, 1.165) is 6.07 Å². The third-order valence-corrected chi connectivity index (χ3v) is 2.55. The van der Waals surface area contributed by atoms with Gasteiger partial charge in [-0.2, -0.15) is 0 Å². The van der Waals surface area contributed by atoms with Crippen LogP contribution >= 0.6 is 0 Å². The number of oxazole rings is 1. The molecule has 0 saturated carbocycles. The van der Waals surface area contributed by atoms with Gasteiger partial charge >= 0.3 is 12.0 Å². The van der Waals surface area contributed by atoms with Gasteiger partial charge in [-0.1, -0.05) is 0 Å². The molecule has 8 heteroatoms. The van der Waals surface area contributed by atoms with Crippen LogP contribution in [-0.2, 0) is 6.54 Å². The van der Waals surface area contributed by atoms with Gasteiger partial charge in [-0.05, 0) is 25.1 Å². The van der Waals surface area contributed by atoms with Crippen molar-refractivity contribution in [1.82, 2.24) is 10.3 Å². The van der Waals surface area contributed by atoms with E-state index in [9.17, 15) is 14.7 Å².